The van der Waals surface area contributed by atoms with Gasteiger partial charge in [-0.05, 0) is 77.4 Å². The molecule has 0 saturated carbocycles. The smallest absolute Gasteiger partial charge is 0.164 e. The molecule has 10 rings (SSSR count). The van der Waals surface area contributed by atoms with Gasteiger partial charge < -0.3 is 0 Å². The molecule has 0 N–H and O–H groups in total. The summed E-state index contributed by atoms with van der Waals surface area (Å²) in [4.78, 5) is 15.9. The van der Waals surface area contributed by atoms with Crippen LogP contribution in [0.15, 0.2) is 176 Å². The fourth-order valence-electron chi connectivity index (χ4n) is 8.21. The number of aromatic nitrogens is 3. The third-order valence-corrected chi connectivity index (χ3v) is 14.5. The quantitative estimate of drug-likeness (QED) is 0.168. The standard InChI is InChI=1S/C49H35N3Si/c1-53(2)44-23-13-22-42(46(44)43-30-36-18-9-10-19-37(36)31-45(43)53)49-51-47(35-26-24-33(25-27-35)32-14-5-3-6-15-32)50-48(52-49)41-29-28-38(34-16-7-4-8-17-34)39-20-11-12-21-40(39)41/h3-31H,1-2H3. The van der Waals surface area contributed by atoms with E-state index < -0.39 is 8.07 Å². The minimum absolute atomic E-state index is 0.659. The van der Waals surface area contributed by atoms with Gasteiger partial charge in [0, 0.05) is 16.7 Å². The van der Waals surface area contributed by atoms with Crippen molar-refractivity contribution in [3.05, 3.63) is 176 Å². The fraction of sp³-hybridized carbons (Fsp3) is 0.0408. The zero-order chi connectivity index (χ0) is 35.5. The van der Waals surface area contributed by atoms with Gasteiger partial charge >= 0.3 is 0 Å². The van der Waals surface area contributed by atoms with Crippen molar-refractivity contribution < 1.29 is 0 Å². The van der Waals surface area contributed by atoms with E-state index in [4.69, 9.17) is 15.0 Å². The first-order chi connectivity index (χ1) is 26.0. The zero-order valence-electron chi connectivity index (χ0n) is 29.6. The average Bonchev–Trinajstić information content (AvgIpc) is 3.45. The molecule has 1 aromatic heterocycles. The van der Waals surface area contributed by atoms with Crippen molar-refractivity contribution in [1.82, 2.24) is 15.0 Å². The number of nitrogens with zero attached hydrogens (tertiary/aromatic N) is 3. The van der Waals surface area contributed by atoms with Crippen LogP contribution in [0, 0.1) is 0 Å². The first kappa shape index (κ1) is 31.3. The van der Waals surface area contributed by atoms with Crippen LogP contribution in [0.2, 0.25) is 13.1 Å². The van der Waals surface area contributed by atoms with Crippen molar-refractivity contribution in [2.45, 2.75) is 13.1 Å². The molecule has 3 nitrogen and oxygen atoms in total. The van der Waals surface area contributed by atoms with E-state index in [2.05, 4.69) is 183 Å². The number of hydrogen-bond donors (Lipinski definition) is 0. The van der Waals surface area contributed by atoms with Gasteiger partial charge in [0.25, 0.3) is 0 Å². The first-order valence-electron chi connectivity index (χ1n) is 18.2. The van der Waals surface area contributed by atoms with E-state index in [1.165, 1.54) is 54.3 Å². The van der Waals surface area contributed by atoms with Crippen LogP contribution in [0.1, 0.15) is 0 Å². The highest BCUT2D eigenvalue weighted by molar-refractivity contribution is 7.04. The molecular weight excluding hydrogens is 659 g/mol. The maximum atomic E-state index is 5.37. The van der Waals surface area contributed by atoms with Gasteiger partial charge in [0.1, 0.15) is 8.07 Å². The molecule has 8 aromatic carbocycles. The number of benzene rings is 8. The van der Waals surface area contributed by atoms with Crippen molar-refractivity contribution in [3.8, 4) is 67.5 Å². The highest BCUT2D eigenvalue weighted by Gasteiger charge is 2.39. The Bertz CT molecular complexity index is 2850. The second kappa shape index (κ2) is 12.3. The van der Waals surface area contributed by atoms with Gasteiger partial charge in [-0.3, -0.25) is 0 Å². The molecule has 0 fully saturated rings. The van der Waals surface area contributed by atoms with Crippen molar-refractivity contribution in [1.29, 1.82) is 0 Å². The molecule has 0 bridgehead atoms. The average molecular weight is 694 g/mol. The number of fused-ring (bicyclic) bond motifs is 5. The van der Waals surface area contributed by atoms with Crippen LogP contribution in [0.25, 0.3) is 89.1 Å². The first-order valence-corrected chi connectivity index (χ1v) is 21.2. The van der Waals surface area contributed by atoms with Crippen LogP contribution in [-0.4, -0.2) is 23.0 Å². The van der Waals surface area contributed by atoms with Crippen LogP contribution in [-0.2, 0) is 0 Å². The van der Waals surface area contributed by atoms with Gasteiger partial charge in [-0.15, -0.1) is 0 Å². The molecule has 1 aliphatic rings. The molecule has 0 radical (unpaired) electrons. The summed E-state index contributed by atoms with van der Waals surface area (Å²) >= 11 is 0. The lowest BCUT2D eigenvalue weighted by Crippen LogP contribution is -2.49. The van der Waals surface area contributed by atoms with E-state index in [1.807, 2.05) is 6.07 Å². The molecule has 4 heteroatoms. The zero-order valence-corrected chi connectivity index (χ0v) is 30.6. The Morgan fingerprint density at radius 1 is 0.340 bits per heavy atom. The normalized spacial score (nSPS) is 12.9. The van der Waals surface area contributed by atoms with Crippen molar-refractivity contribution >= 4 is 40.0 Å². The molecule has 0 unspecified atom stereocenters. The largest absolute Gasteiger partial charge is 0.208 e. The van der Waals surface area contributed by atoms with E-state index in [0.29, 0.717) is 17.5 Å². The van der Waals surface area contributed by atoms with Gasteiger partial charge in [-0.1, -0.05) is 177 Å². The Kier molecular flexibility index (Phi) is 7.27. The summed E-state index contributed by atoms with van der Waals surface area (Å²) in [6, 6.07) is 62.9. The molecular formula is C49H35N3Si. The maximum absolute atomic E-state index is 5.37. The molecule has 250 valence electrons. The van der Waals surface area contributed by atoms with Gasteiger partial charge in [-0.25, -0.2) is 15.0 Å². The molecule has 0 amide bonds. The molecule has 0 saturated heterocycles. The predicted molar refractivity (Wildman–Crippen MR) is 224 cm³/mol. The van der Waals surface area contributed by atoms with Crippen LogP contribution in [0.4, 0.5) is 0 Å². The lowest BCUT2D eigenvalue weighted by molar-refractivity contribution is 1.08. The summed E-state index contributed by atoms with van der Waals surface area (Å²) in [6.07, 6.45) is 0. The molecule has 0 spiro atoms. The van der Waals surface area contributed by atoms with E-state index in [0.717, 1.165) is 27.6 Å². The van der Waals surface area contributed by atoms with Gasteiger partial charge in [0.15, 0.2) is 17.5 Å². The Balaban J connectivity index is 1.21. The third kappa shape index (κ3) is 5.22. The highest BCUT2D eigenvalue weighted by Crippen LogP contribution is 2.40. The Labute approximate surface area is 310 Å². The van der Waals surface area contributed by atoms with Crippen LogP contribution in [0.5, 0.6) is 0 Å². The number of hydrogen-bond acceptors (Lipinski definition) is 3. The predicted octanol–water partition coefficient (Wildman–Crippen LogP) is 11.3. The summed E-state index contributed by atoms with van der Waals surface area (Å²) in [5.41, 5.74) is 10.3. The Morgan fingerprint density at radius 2 is 0.868 bits per heavy atom. The summed E-state index contributed by atoms with van der Waals surface area (Å²) in [5.74, 6) is 2.02. The van der Waals surface area contributed by atoms with Crippen molar-refractivity contribution in [3.63, 3.8) is 0 Å². The second-order valence-corrected chi connectivity index (χ2v) is 18.7. The monoisotopic (exact) mass is 693 g/mol. The van der Waals surface area contributed by atoms with Gasteiger partial charge in [0.2, 0.25) is 0 Å². The van der Waals surface area contributed by atoms with E-state index in [1.54, 1.807) is 0 Å². The minimum Gasteiger partial charge on any atom is -0.208 e. The Hall–Kier alpha value is -6.49. The summed E-state index contributed by atoms with van der Waals surface area (Å²) in [7, 11) is -2.00. The fourth-order valence-corrected chi connectivity index (χ4v) is 11.3. The third-order valence-electron chi connectivity index (χ3n) is 10.9. The molecule has 9 aromatic rings. The van der Waals surface area contributed by atoms with Crippen LogP contribution in [0.3, 0.4) is 0 Å². The highest BCUT2D eigenvalue weighted by atomic mass is 28.3. The summed E-state index contributed by atoms with van der Waals surface area (Å²) in [6.45, 7) is 4.93. The minimum atomic E-state index is -2.00. The summed E-state index contributed by atoms with van der Waals surface area (Å²) in [5, 5.41) is 7.71. The lowest BCUT2D eigenvalue weighted by atomic mass is 9.94. The lowest BCUT2D eigenvalue weighted by Gasteiger charge is -2.19. The van der Waals surface area contributed by atoms with Crippen molar-refractivity contribution in [2.75, 3.05) is 0 Å². The SMILES string of the molecule is C[Si]1(C)c2cc3ccccc3cc2-c2c(-c3nc(-c4ccc(-c5ccccc5)cc4)nc(-c4ccc(-c5ccccc5)c5ccccc45)n3)cccc21. The molecule has 0 atom stereocenters. The topological polar surface area (TPSA) is 38.7 Å². The second-order valence-electron chi connectivity index (χ2n) is 14.4. The summed E-state index contributed by atoms with van der Waals surface area (Å²) < 4.78 is 0. The molecule has 53 heavy (non-hydrogen) atoms. The van der Waals surface area contributed by atoms with Crippen LogP contribution >= 0.6 is 0 Å². The molecule has 1 aliphatic heterocycles. The van der Waals surface area contributed by atoms with E-state index in [-0.39, 0.29) is 0 Å². The van der Waals surface area contributed by atoms with Gasteiger partial charge in [0.05, 0.1) is 0 Å². The van der Waals surface area contributed by atoms with E-state index in [9.17, 15) is 0 Å². The maximum Gasteiger partial charge on any atom is 0.164 e. The van der Waals surface area contributed by atoms with E-state index >= 15 is 0 Å². The van der Waals surface area contributed by atoms with Crippen LogP contribution < -0.4 is 10.4 Å². The number of rotatable bonds is 5. The van der Waals surface area contributed by atoms with Gasteiger partial charge in [-0.2, -0.15) is 0 Å². The molecule has 2 heterocycles. The Morgan fingerprint density at radius 3 is 1.58 bits per heavy atom. The molecule has 0 aliphatic carbocycles. The van der Waals surface area contributed by atoms with Crippen molar-refractivity contribution in [2.24, 2.45) is 0 Å².